The van der Waals surface area contributed by atoms with Crippen LogP contribution in [0.2, 0.25) is 0 Å². The SMILES string of the molecule is CCNC(=NCC1(CCOCC)CCCC1)NCC(C)C(=O)OC. The predicted octanol–water partition coefficient (Wildman–Crippen LogP) is 2.34. The van der Waals surface area contributed by atoms with Crippen LogP contribution in [0.5, 0.6) is 0 Å². The summed E-state index contributed by atoms with van der Waals surface area (Å²) in [5, 5.41) is 6.51. The van der Waals surface area contributed by atoms with Crippen molar-refractivity contribution in [1.82, 2.24) is 10.6 Å². The third-order valence-corrected chi connectivity index (χ3v) is 4.74. The Hall–Kier alpha value is -1.30. The van der Waals surface area contributed by atoms with Gasteiger partial charge in [0, 0.05) is 32.8 Å². The van der Waals surface area contributed by atoms with Gasteiger partial charge < -0.3 is 20.1 Å². The number of carbonyl (C=O) groups excluding carboxylic acids is 1. The van der Waals surface area contributed by atoms with Crippen LogP contribution in [0.1, 0.15) is 52.9 Å². The third kappa shape index (κ3) is 7.07. The summed E-state index contributed by atoms with van der Waals surface area (Å²) in [5.41, 5.74) is 0.269. The van der Waals surface area contributed by atoms with Crippen molar-refractivity contribution in [2.24, 2.45) is 16.3 Å². The van der Waals surface area contributed by atoms with Gasteiger partial charge in [-0.1, -0.05) is 19.8 Å². The number of methoxy groups -OCH3 is 1. The largest absolute Gasteiger partial charge is 0.469 e. The normalized spacial score (nSPS) is 18.2. The van der Waals surface area contributed by atoms with E-state index in [-0.39, 0.29) is 17.3 Å². The standard InChI is InChI=1S/C18H35N3O3/c1-5-19-17(20-13-15(3)16(22)23-4)21-14-18(9-7-8-10-18)11-12-24-6-2/h15H,5-14H2,1-4H3,(H2,19,20,21). The van der Waals surface area contributed by atoms with E-state index in [2.05, 4.69) is 10.6 Å². The average Bonchev–Trinajstić information content (AvgIpc) is 3.05. The van der Waals surface area contributed by atoms with Crippen LogP contribution in [0.25, 0.3) is 0 Å². The van der Waals surface area contributed by atoms with Crippen LogP contribution in [0.4, 0.5) is 0 Å². The molecule has 1 unspecified atom stereocenters. The van der Waals surface area contributed by atoms with Crippen LogP contribution < -0.4 is 10.6 Å². The van der Waals surface area contributed by atoms with E-state index in [1.165, 1.54) is 32.8 Å². The van der Waals surface area contributed by atoms with Gasteiger partial charge in [-0.15, -0.1) is 0 Å². The maximum Gasteiger partial charge on any atom is 0.310 e. The minimum Gasteiger partial charge on any atom is -0.469 e. The number of esters is 1. The lowest BCUT2D eigenvalue weighted by Gasteiger charge is -2.27. The first kappa shape index (κ1) is 20.7. The minimum absolute atomic E-state index is 0.197. The van der Waals surface area contributed by atoms with Crippen molar-refractivity contribution in [3.63, 3.8) is 0 Å². The Bertz CT molecular complexity index is 393. The highest BCUT2D eigenvalue weighted by atomic mass is 16.5. The zero-order valence-corrected chi connectivity index (χ0v) is 15.8. The lowest BCUT2D eigenvalue weighted by molar-refractivity contribution is -0.144. The fourth-order valence-corrected chi connectivity index (χ4v) is 3.17. The molecule has 140 valence electrons. The van der Waals surface area contributed by atoms with E-state index in [1.807, 2.05) is 20.8 Å². The van der Waals surface area contributed by atoms with Crippen LogP contribution in [0.15, 0.2) is 4.99 Å². The topological polar surface area (TPSA) is 72.0 Å². The van der Waals surface area contributed by atoms with E-state index in [9.17, 15) is 4.79 Å². The highest BCUT2D eigenvalue weighted by molar-refractivity contribution is 5.80. The molecule has 6 nitrogen and oxygen atoms in total. The second-order valence-electron chi connectivity index (χ2n) is 6.65. The maximum absolute atomic E-state index is 11.5. The summed E-state index contributed by atoms with van der Waals surface area (Å²) in [4.78, 5) is 16.3. The average molecular weight is 341 g/mol. The molecule has 0 radical (unpaired) electrons. The number of ether oxygens (including phenoxy) is 2. The molecule has 1 atom stereocenters. The second-order valence-corrected chi connectivity index (χ2v) is 6.65. The molecule has 0 bridgehead atoms. The summed E-state index contributed by atoms with van der Waals surface area (Å²) < 4.78 is 10.3. The molecule has 0 aromatic heterocycles. The Kier molecular flexibility index (Phi) is 9.76. The Morgan fingerprint density at radius 1 is 1.25 bits per heavy atom. The van der Waals surface area contributed by atoms with Crippen LogP contribution in [-0.4, -0.2) is 51.9 Å². The predicted molar refractivity (Wildman–Crippen MR) is 97.2 cm³/mol. The van der Waals surface area contributed by atoms with Crippen LogP contribution in [-0.2, 0) is 14.3 Å². The van der Waals surface area contributed by atoms with E-state index in [0.717, 1.165) is 38.7 Å². The van der Waals surface area contributed by atoms with Crippen molar-refractivity contribution in [2.45, 2.75) is 52.9 Å². The first-order chi connectivity index (χ1) is 11.6. The zero-order chi connectivity index (χ0) is 17.8. The van der Waals surface area contributed by atoms with E-state index >= 15 is 0 Å². The Labute approximate surface area is 146 Å². The lowest BCUT2D eigenvalue weighted by atomic mass is 9.83. The summed E-state index contributed by atoms with van der Waals surface area (Å²) in [6.45, 7) is 9.64. The van der Waals surface area contributed by atoms with Gasteiger partial charge in [0.1, 0.15) is 0 Å². The first-order valence-corrected chi connectivity index (χ1v) is 9.24. The van der Waals surface area contributed by atoms with Crippen molar-refractivity contribution in [3.8, 4) is 0 Å². The third-order valence-electron chi connectivity index (χ3n) is 4.74. The molecule has 0 aromatic carbocycles. The van der Waals surface area contributed by atoms with Gasteiger partial charge in [-0.25, -0.2) is 0 Å². The van der Waals surface area contributed by atoms with Gasteiger partial charge in [-0.2, -0.15) is 0 Å². The summed E-state index contributed by atoms with van der Waals surface area (Å²) in [7, 11) is 1.42. The molecule has 0 aliphatic heterocycles. The van der Waals surface area contributed by atoms with Crippen molar-refractivity contribution in [3.05, 3.63) is 0 Å². The van der Waals surface area contributed by atoms with E-state index < -0.39 is 0 Å². The summed E-state index contributed by atoms with van der Waals surface area (Å²) in [5.74, 6) is 0.371. The maximum atomic E-state index is 11.5. The quantitative estimate of drug-likeness (QED) is 0.276. The van der Waals surface area contributed by atoms with Gasteiger partial charge in [0.2, 0.25) is 0 Å². The fraction of sp³-hybridized carbons (Fsp3) is 0.889. The molecule has 1 saturated carbocycles. The van der Waals surface area contributed by atoms with Gasteiger partial charge in [-0.3, -0.25) is 9.79 Å². The highest BCUT2D eigenvalue weighted by Gasteiger charge is 2.33. The van der Waals surface area contributed by atoms with Crippen LogP contribution in [0, 0.1) is 11.3 Å². The van der Waals surface area contributed by atoms with Gasteiger partial charge in [0.05, 0.1) is 13.0 Å². The van der Waals surface area contributed by atoms with Crippen molar-refractivity contribution in [1.29, 1.82) is 0 Å². The number of hydrogen-bond donors (Lipinski definition) is 2. The van der Waals surface area contributed by atoms with Crippen molar-refractivity contribution < 1.29 is 14.3 Å². The molecule has 2 N–H and O–H groups in total. The van der Waals surface area contributed by atoms with Gasteiger partial charge in [0.15, 0.2) is 5.96 Å². The summed E-state index contributed by atoms with van der Waals surface area (Å²) in [6.07, 6.45) is 6.08. The Morgan fingerprint density at radius 3 is 2.54 bits per heavy atom. The molecule has 24 heavy (non-hydrogen) atoms. The Balaban J connectivity index is 2.59. The van der Waals surface area contributed by atoms with E-state index in [1.54, 1.807) is 0 Å². The molecule has 6 heteroatoms. The number of nitrogens with one attached hydrogen (secondary N) is 2. The molecule has 1 aliphatic rings. The van der Waals surface area contributed by atoms with Crippen LogP contribution >= 0.6 is 0 Å². The molecule has 1 rings (SSSR count). The number of nitrogens with zero attached hydrogens (tertiary/aromatic N) is 1. The number of aliphatic imine (C=N–C) groups is 1. The smallest absolute Gasteiger partial charge is 0.310 e. The minimum atomic E-state index is -0.206. The lowest BCUT2D eigenvalue weighted by Crippen LogP contribution is -2.41. The molecule has 1 fully saturated rings. The number of rotatable bonds is 10. The molecule has 0 heterocycles. The fourth-order valence-electron chi connectivity index (χ4n) is 3.17. The molecule has 1 aliphatic carbocycles. The summed E-state index contributed by atoms with van der Waals surface area (Å²) in [6, 6.07) is 0. The van der Waals surface area contributed by atoms with Gasteiger partial charge in [0.25, 0.3) is 0 Å². The monoisotopic (exact) mass is 341 g/mol. The van der Waals surface area contributed by atoms with E-state index in [4.69, 9.17) is 14.5 Å². The molecular weight excluding hydrogens is 306 g/mol. The molecule has 0 spiro atoms. The number of carbonyl (C=O) groups is 1. The van der Waals surface area contributed by atoms with Crippen molar-refractivity contribution in [2.75, 3.05) is 40.0 Å². The molecule has 0 aromatic rings. The van der Waals surface area contributed by atoms with Crippen LogP contribution in [0.3, 0.4) is 0 Å². The van der Waals surface area contributed by atoms with E-state index in [0.29, 0.717) is 6.54 Å². The molecular formula is C18H35N3O3. The Morgan fingerprint density at radius 2 is 1.96 bits per heavy atom. The number of guanidine groups is 1. The zero-order valence-electron chi connectivity index (χ0n) is 15.8. The highest BCUT2D eigenvalue weighted by Crippen LogP contribution is 2.41. The van der Waals surface area contributed by atoms with Gasteiger partial charge >= 0.3 is 5.97 Å². The van der Waals surface area contributed by atoms with Gasteiger partial charge in [-0.05, 0) is 38.5 Å². The second kappa shape index (κ2) is 11.3. The summed E-state index contributed by atoms with van der Waals surface area (Å²) >= 11 is 0. The first-order valence-electron chi connectivity index (χ1n) is 9.24. The molecule has 0 amide bonds. The van der Waals surface area contributed by atoms with Crippen molar-refractivity contribution >= 4 is 11.9 Å². The molecule has 0 saturated heterocycles. The number of hydrogen-bond acceptors (Lipinski definition) is 4.